The summed E-state index contributed by atoms with van der Waals surface area (Å²) in [5, 5.41) is 10.4. The number of thiol groups is 1. The maximum absolute atomic E-state index is 5.32. The van der Waals surface area contributed by atoms with Crippen molar-refractivity contribution < 1.29 is 0 Å². The van der Waals surface area contributed by atoms with Gasteiger partial charge in [-0.05, 0) is 5.21 Å². The molecule has 0 fully saturated rings. The fourth-order valence-electron chi connectivity index (χ4n) is 0.335. The Bertz CT molecular complexity index is 203. The molecule has 5 nitrogen and oxygen atoms in total. The van der Waals surface area contributed by atoms with Crippen LogP contribution in [-0.2, 0) is 0 Å². The summed E-state index contributed by atoms with van der Waals surface area (Å²) in [5.74, 6) is 0.162. The highest BCUT2D eigenvalue weighted by Gasteiger charge is 1.99. The van der Waals surface area contributed by atoms with E-state index in [9.17, 15) is 0 Å². The van der Waals surface area contributed by atoms with E-state index in [4.69, 9.17) is 11.5 Å². The molecular formula is C3H5N5S. The molecule has 4 N–H and O–H groups in total. The van der Waals surface area contributed by atoms with Gasteiger partial charge < -0.3 is 11.5 Å². The van der Waals surface area contributed by atoms with E-state index in [1.54, 1.807) is 0 Å². The molecule has 0 spiro atoms. The van der Waals surface area contributed by atoms with Crippen molar-refractivity contribution in [1.29, 1.82) is 0 Å². The van der Waals surface area contributed by atoms with Gasteiger partial charge in [0.1, 0.15) is 10.7 Å². The highest BCUT2D eigenvalue weighted by atomic mass is 32.1. The Morgan fingerprint density at radius 1 is 1.22 bits per heavy atom. The smallest absolute Gasteiger partial charge is 0.173 e. The van der Waals surface area contributed by atoms with Crippen molar-refractivity contribution in [3.63, 3.8) is 0 Å². The average molecular weight is 143 g/mol. The Morgan fingerprint density at radius 3 is 2.33 bits per heavy atom. The van der Waals surface area contributed by atoms with Crippen LogP contribution in [0.2, 0.25) is 0 Å². The summed E-state index contributed by atoms with van der Waals surface area (Å²) in [6.45, 7) is 0. The number of nitrogens with two attached hydrogens (primary N) is 2. The first-order chi connectivity index (χ1) is 4.22. The standard InChI is InChI=1S/C3H5N5S/c4-1-2(5)6-8-7-3(1)9/h(H2,4,8)(H3,5,6,7,9). The lowest BCUT2D eigenvalue weighted by Gasteiger charge is -1.95. The van der Waals surface area contributed by atoms with Crippen molar-refractivity contribution in [2.75, 3.05) is 11.5 Å². The number of nitrogens with zero attached hydrogens (tertiary/aromatic N) is 3. The Hall–Kier alpha value is -1.04. The summed E-state index contributed by atoms with van der Waals surface area (Å²) in [5.41, 5.74) is 10.8. The van der Waals surface area contributed by atoms with Gasteiger partial charge in [0.05, 0.1) is 0 Å². The summed E-state index contributed by atoms with van der Waals surface area (Å²) < 4.78 is 0. The molecule has 0 amide bonds. The lowest BCUT2D eigenvalue weighted by Crippen LogP contribution is -2.02. The fourth-order valence-corrected chi connectivity index (χ4v) is 0.490. The van der Waals surface area contributed by atoms with Crippen LogP contribution in [0.1, 0.15) is 0 Å². The van der Waals surface area contributed by atoms with Crippen LogP contribution in [0.5, 0.6) is 0 Å². The van der Waals surface area contributed by atoms with Crippen molar-refractivity contribution in [2.45, 2.75) is 5.03 Å². The van der Waals surface area contributed by atoms with E-state index < -0.39 is 0 Å². The quantitative estimate of drug-likeness (QED) is 0.419. The Morgan fingerprint density at radius 2 is 1.89 bits per heavy atom. The van der Waals surface area contributed by atoms with Gasteiger partial charge in [0.2, 0.25) is 0 Å². The summed E-state index contributed by atoms with van der Waals surface area (Å²) in [6, 6.07) is 0. The van der Waals surface area contributed by atoms with Gasteiger partial charge >= 0.3 is 0 Å². The van der Waals surface area contributed by atoms with Gasteiger partial charge in [-0.25, -0.2) is 0 Å². The van der Waals surface area contributed by atoms with Gasteiger partial charge in [-0.15, -0.1) is 22.8 Å². The van der Waals surface area contributed by atoms with Crippen molar-refractivity contribution in [3.05, 3.63) is 0 Å². The van der Waals surface area contributed by atoms with Crippen LogP contribution in [0.3, 0.4) is 0 Å². The minimum atomic E-state index is 0.162. The Kier molecular flexibility index (Phi) is 1.39. The molecule has 1 heterocycles. The van der Waals surface area contributed by atoms with Crippen molar-refractivity contribution in [1.82, 2.24) is 15.4 Å². The topological polar surface area (TPSA) is 90.7 Å². The zero-order valence-electron chi connectivity index (χ0n) is 4.44. The molecule has 0 aliphatic rings. The molecule has 0 aliphatic heterocycles. The van der Waals surface area contributed by atoms with Gasteiger partial charge in [-0.3, -0.25) is 0 Å². The minimum absolute atomic E-state index is 0.162. The van der Waals surface area contributed by atoms with E-state index in [1.165, 1.54) is 0 Å². The number of anilines is 2. The van der Waals surface area contributed by atoms with E-state index >= 15 is 0 Å². The second-order valence-corrected chi connectivity index (χ2v) is 1.84. The molecule has 0 radical (unpaired) electrons. The maximum atomic E-state index is 5.32. The van der Waals surface area contributed by atoms with E-state index in [-0.39, 0.29) is 11.5 Å². The maximum Gasteiger partial charge on any atom is 0.173 e. The second kappa shape index (κ2) is 2.06. The fraction of sp³-hybridized carbons (Fsp3) is 0. The SMILES string of the molecule is Nc1nnnc(S)c1N. The van der Waals surface area contributed by atoms with Gasteiger partial charge in [0.15, 0.2) is 5.82 Å². The third-order valence-electron chi connectivity index (χ3n) is 0.809. The normalized spacial score (nSPS) is 9.44. The first kappa shape index (κ1) is 6.09. The number of hydrogen-bond donors (Lipinski definition) is 3. The highest BCUT2D eigenvalue weighted by Crippen LogP contribution is 2.15. The minimum Gasteiger partial charge on any atom is -0.393 e. The third-order valence-corrected chi connectivity index (χ3v) is 1.14. The van der Waals surface area contributed by atoms with Gasteiger partial charge in [-0.1, -0.05) is 0 Å². The molecule has 0 saturated carbocycles. The molecule has 0 aromatic carbocycles. The van der Waals surface area contributed by atoms with Crippen LogP contribution in [-0.4, -0.2) is 15.4 Å². The van der Waals surface area contributed by atoms with Gasteiger partial charge in [0.25, 0.3) is 0 Å². The lowest BCUT2D eigenvalue weighted by atomic mass is 10.5. The molecule has 48 valence electrons. The van der Waals surface area contributed by atoms with Crippen molar-refractivity contribution in [2.24, 2.45) is 0 Å². The largest absolute Gasteiger partial charge is 0.393 e. The molecule has 0 atom stereocenters. The molecule has 0 saturated heterocycles. The predicted octanol–water partition coefficient (Wildman–Crippen LogP) is -0.675. The Balaban J connectivity index is 3.25. The van der Waals surface area contributed by atoms with E-state index in [0.29, 0.717) is 5.03 Å². The van der Waals surface area contributed by atoms with E-state index in [0.717, 1.165) is 0 Å². The van der Waals surface area contributed by atoms with Gasteiger partial charge in [-0.2, -0.15) is 0 Å². The molecule has 1 aromatic heterocycles. The molecule has 0 aliphatic carbocycles. The summed E-state index contributed by atoms with van der Waals surface area (Å²) in [4.78, 5) is 0. The molecule has 1 rings (SSSR count). The van der Waals surface area contributed by atoms with Crippen LogP contribution in [0, 0.1) is 0 Å². The van der Waals surface area contributed by atoms with Crippen molar-refractivity contribution >= 4 is 24.1 Å². The van der Waals surface area contributed by atoms with Crippen LogP contribution in [0.15, 0.2) is 5.03 Å². The molecule has 9 heavy (non-hydrogen) atoms. The molecular weight excluding hydrogens is 138 g/mol. The lowest BCUT2D eigenvalue weighted by molar-refractivity contribution is 0.819. The molecule has 6 heteroatoms. The third kappa shape index (κ3) is 1.02. The van der Waals surface area contributed by atoms with E-state index in [1.807, 2.05) is 0 Å². The number of nitrogen functional groups attached to an aromatic ring is 2. The van der Waals surface area contributed by atoms with Gasteiger partial charge in [0, 0.05) is 0 Å². The van der Waals surface area contributed by atoms with Crippen LogP contribution < -0.4 is 11.5 Å². The van der Waals surface area contributed by atoms with Crippen molar-refractivity contribution in [3.8, 4) is 0 Å². The predicted molar refractivity (Wildman–Crippen MR) is 35.9 cm³/mol. The monoisotopic (exact) mass is 143 g/mol. The Labute approximate surface area is 56.9 Å². The zero-order chi connectivity index (χ0) is 6.85. The second-order valence-electron chi connectivity index (χ2n) is 1.41. The summed E-state index contributed by atoms with van der Waals surface area (Å²) in [7, 11) is 0. The first-order valence-electron chi connectivity index (χ1n) is 2.15. The van der Waals surface area contributed by atoms with E-state index in [2.05, 4.69) is 28.0 Å². The molecule has 1 aromatic rings. The van der Waals surface area contributed by atoms with Crippen LogP contribution >= 0.6 is 12.6 Å². The average Bonchev–Trinajstić information content (AvgIpc) is 1.83. The highest BCUT2D eigenvalue weighted by molar-refractivity contribution is 7.80. The molecule has 0 bridgehead atoms. The zero-order valence-corrected chi connectivity index (χ0v) is 5.34. The number of rotatable bonds is 0. The van der Waals surface area contributed by atoms with Crippen LogP contribution in [0.4, 0.5) is 11.5 Å². The first-order valence-corrected chi connectivity index (χ1v) is 2.60. The summed E-state index contributed by atoms with van der Waals surface area (Å²) >= 11 is 3.85. The number of aromatic nitrogens is 3. The number of hydrogen-bond acceptors (Lipinski definition) is 6. The molecule has 0 unspecified atom stereocenters. The van der Waals surface area contributed by atoms with Crippen LogP contribution in [0.25, 0.3) is 0 Å². The summed E-state index contributed by atoms with van der Waals surface area (Å²) in [6.07, 6.45) is 0.